The number of nitriles is 1. The predicted molar refractivity (Wildman–Crippen MR) is 156 cm³/mol. The van der Waals surface area contributed by atoms with E-state index in [4.69, 9.17) is 12.2 Å². The molecule has 200 valence electrons. The predicted octanol–water partition coefficient (Wildman–Crippen LogP) is 4.76. The molecule has 0 N–H and O–H groups in total. The highest BCUT2D eigenvalue weighted by atomic mass is 32.2. The third kappa shape index (κ3) is 5.49. The van der Waals surface area contributed by atoms with Gasteiger partial charge in [0.1, 0.15) is 27.6 Å². The Morgan fingerprint density at radius 3 is 2.34 bits per heavy atom. The lowest BCUT2D eigenvalue weighted by atomic mass is 10.0. The first kappa shape index (κ1) is 27.9. The monoisotopic (exact) mass is 553 g/mol. The minimum absolute atomic E-state index is 0.0936. The van der Waals surface area contributed by atoms with Crippen molar-refractivity contribution in [3.8, 4) is 6.07 Å². The van der Waals surface area contributed by atoms with E-state index >= 15 is 0 Å². The summed E-state index contributed by atoms with van der Waals surface area (Å²) in [6.45, 7) is 11.4. The van der Waals surface area contributed by atoms with Crippen molar-refractivity contribution in [2.75, 3.05) is 42.5 Å². The zero-order valence-corrected chi connectivity index (χ0v) is 23.8. The van der Waals surface area contributed by atoms with Gasteiger partial charge in [-0.15, -0.1) is 0 Å². The van der Waals surface area contributed by atoms with Gasteiger partial charge in [-0.1, -0.05) is 44.8 Å². The zero-order valence-electron chi connectivity index (χ0n) is 22.2. The molecule has 0 atom stereocenters. The number of carbonyl (C=O) groups excluding carboxylic acids is 1. The zero-order chi connectivity index (χ0) is 27.6. The number of halogens is 1. The van der Waals surface area contributed by atoms with E-state index in [0.29, 0.717) is 66.0 Å². The SMILES string of the molecule is CCCn1c(N2CCN(c3ccc(F)cc3)CC2)c(C=C2SC(=S)N(CC(C)C)C2=O)c(C)c(C#N)c1=O. The van der Waals surface area contributed by atoms with Gasteiger partial charge in [0.2, 0.25) is 0 Å². The number of pyridine rings is 1. The van der Waals surface area contributed by atoms with E-state index in [1.807, 2.05) is 26.8 Å². The molecule has 0 bridgehead atoms. The third-order valence-corrected chi connectivity index (χ3v) is 8.14. The van der Waals surface area contributed by atoms with Crippen LogP contribution in [0.3, 0.4) is 0 Å². The van der Waals surface area contributed by atoms with Crippen LogP contribution in [0.4, 0.5) is 15.9 Å². The molecule has 4 rings (SSSR count). The highest BCUT2D eigenvalue weighted by Crippen LogP contribution is 2.36. The second kappa shape index (κ2) is 11.7. The molecule has 10 heteroatoms. The van der Waals surface area contributed by atoms with Gasteiger partial charge in [-0.3, -0.25) is 19.1 Å². The summed E-state index contributed by atoms with van der Waals surface area (Å²) >= 11 is 6.76. The Balaban J connectivity index is 1.77. The number of carbonyl (C=O) groups is 1. The first-order valence-corrected chi connectivity index (χ1v) is 14.1. The molecule has 0 spiro atoms. The molecule has 0 aliphatic carbocycles. The van der Waals surface area contributed by atoms with E-state index in [1.54, 1.807) is 28.5 Å². The van der Waals surface area contributed by atoms with Crippen molar-refractivity contribution in [2.24, 2.45) is 5.92 Å². The van der Waals surface area contributed by atoms with E-state index < -0.39 is 0 Å². The van der Waals surface area contributed by atoms with Crippen molar-refractivity contribution < 1.29 is 9.18 Å². The number of hydrogen-bond acceptors (Lipinski definition) is 7. The first-order chi connectivity index (χ1) is 18.2. The molecule has 2 aromatic rings. The number of aromatic nitrogens is 1. The Kier molecular flexibility index (Phi) is 8.58. The van der Waals surface area contributed by atoms with Crippen LogP contribution in [0.1, 0.15) is 43.9 Å². The fourth-order valence-corrected chi connectivity index (χ4v) is 6.15. The fourth-order valence-electron chi connectivity index (χ4n) is 4.90. The summed E-state index contributed by atoms with van der Waals surface area (Å²) in [5, 5.41) is 9.86. The van der Waals surface area contributed by atoms with E-state index in [-0.39, 0.29) is 28.8 Å². The Bertz CT molecular complexity index is 1370. The molecule has 0 radical (unpaired) electrons. The Labute approximate surface area is 232 Å². The number of benzene rings is 1. The molecule has 0 unspecified atom stereocenters. The van der Waals surface area contributed by atoms with E-state index in [9.17, 15) is 19.2 Å². The minimum atomic E-state index is -0.313. The number of anilines is 2. The van der Waals surface area contributed by atoms with Crippen LogP contribution in [0, 0.1) is 30.0 Å². The summed E-state index contributed by atoms with van der Waals surface area (Å²) in [6.07, 6.45) is 2.52. The summed E-state index contributed by atoms with van der Waals surface area (Å²) < 4.78 is 15.6. The smallest absolute Gasteiger partial charge is 0.270 e. The number of rotatable bonds is 7. The molecule has 0 saturated carbocycles. The lowest BCUT2D eigenvalue weighted by molar-refractivity contribution is -0.122. The van der Waals surface area contributed by atoms with Crippen LogP contribution >= 0.6 is 24.0 Å². The summed E-state index contributed by atoms with van der Waals surface area (Å²) in [5.41, 5.74) is 2.00. The Morgan fingerprint density at radius 2 is 1.76 bits per heavy atom. The molecule has 2 fully saturated rings. The molecule has 7 nitrogen and oxygen atoms in total. The highest BCUT2D eigenvalue weighted by Gasteiger charge is 2.34. The summed E-state index contributed by atoms with van der Waals surface area (Å²) in [6, 6.07) is 8.56. The average Bonchev–Trinajstić information content (AvgIpc) is 3.15. The van der Waals surface area contributed by atoms with Crippen LogP contribution in [0.5, 0.6) is 0 Å². The number of amides is 1. The van der Waals surface area contributed by atoms with Gasteiger partial charge >= 0.3 is 0 Å². The van der Waals surface area contributed by atoms with Crippen molar-refractivity contribution in [3.05, 3.63) is 62.0 Å². The van der Waals surface area contributed by atoms with Crippen LogP contribution in [-0.4, -0.2) is 52.4 Å². The maximum absolute atomic E-state index is 13.4. The summed E-state index contributed by atoms with van der Waals surface area (Å²) in [4.78, 5) is 33.2. The van der Waals surface area contributed by atoms with E-state index in [1.165, 1.54) is 23.9 Å². The van der Waals surface area contributed by atoms with Crippen LogP contribution in [0.15, 0.2) is 34.0 Å². The molecule has 38 heavy (non-hydrogen) atoms. The largest absolute Gasteiger partial charge is 0.368 e. The molecule has 1 aromatic heterocycles. The van der Waals surface area contributed by atoms with Gasteiger partial charge in [-0.2, -0.15) is 5.26 Å². The third-order valence-electron chi connectivity index (χ3n) is 6.76. The Morgan fingerprint density at radius 1 is 1.13 bits per heavy atom. The fraction of sp³-hybridized carbons (Fsp3) is 0.429. The topological polar surface area (TPSA) is 72.6 Å². The van der Waals surface area contributed by atoms with Gasteiger partial charge < -0.3 is 9.80 Å². The molecule has 2 aliphatic heterocycles. The van der Waals surface area contributed by atoms with Crippen LogP contribution in [-0.2, 0) is 11.3 Å². The maximum atomic E-state index is 13.4. The number of nitrogens with zero attached hydrogens (tertiary/aromatic N) is 5. The molecule has 2 saturated heterocycles. The van der Waals surface area contributed by atoms with Crippen LogP contribution < -0.4 is 15.4 Å². The normalized spacial score (nSPS) is 17.2. The van der Waals surface area contributed by atoms with Crippen LogP contribution in [0.25, 0.3) is 6.08 Å². The van der Waals surface area contributed by atoms with Crippen LogP contribution in [0.2, 0.25) is 0 Å². The number of thioether (sulfide) groups is 1. The molecular formula is C28H32FN5O2S2. The van der Waals surface area contributed by atoms with Gasteiger partial charge in [0.25, 0.3) is 11.5 Å². The van der Waals surface area contributed by atoms with Crippen molar-refractivity contribution in [2.45, 2.75) is 40.7 Å². The second-order valence-corrected chi connectivity index (χ2v) is 11.6. The number of piperazine rings is 1. The quantitative estimate of drug-likeness (QED) is 0.362. The molecule has 3 heterocycles. The van der Waals surface area contributed by atoms with Crippen molar-refractivity contribution in [1.82, 2.24) is 9.47 Å². The lowest BCUT2D eigenvalue weighted by Gasteiger charge is -2.39. The van der Waals surface area contributed by atoms with Gasteiger partial charge in [0.05, 0.1) is 4.91 Å². The van der Waals surface area contributed by atoms with Crippen molar-refractivity contribution in [1.29, 1.82) is 5.26 Å². The van der Waals surface area contributed by atoms with Gasteiger partial charge in [0, 0.05) is 50.5 Å². The van der Waals surface area contributed by atoms with Gasteiger partial charge in [-0.25, -0.2) is 4.39 Å². The molecule has 2 aliphatic rings. The van der Waals surface area contributed by atoms with Crippen molar-refractivity contribution in [3.63, 3.8) is 0 Å². The average molecular weight is 554 g/mol. The standard InChI is InChI=1S/C28H32FN5O2S2/c1-5-10-33-25(32-13-11-31(12-14-32)21-8-6-20(29)7-9-21)22(19(4)23(16-30)26(33)35)15-24-27(36)34(17-18(2)3)28(37)38-24/h6-9,15,18H,5,10-14,17H2,1-4H3. The summed E-state index contributed by atoms with van der Waals surface area (Å²) in [7, 11) is 0. The van der Waals surface area contributed by atoms with Gasteiger partial charge in [0.15, 0.2) is 0 Å². The highest BCUT2D eigenvalue weighted by molar-refractivity contribution is 8.26. The first-order valence-electron chi connectivity index (χ1n) is 12.8. The number of hydrogen-bond donors (Lipinski definition) is 0. The van der Waals surface area contributed by atoms with Gasteiger partial charge in [-0.05, 0) is 55.2 Å². The second-order valence-electron chi connectivity index (χ2n) is 9.94. The molecule has 1 aromatic carbocycles. The minimum Gasteiger partial charge on any atom is -0.368 e. The van der Waals surface area contributed by atoms with E-state index in [0.717, 1.165) is 11.5 Å². The lowest BCUT2D eigenvalue weighted by Crippen LogP contribution is -2.48. The van der Waals surface area contributed by atoms with Crippen molar-refractivity contribution >= 4 is 51.8 Å². The molecular weight excluding hydrogens is 521 g/mol. The molecule has 1 amide bonds. The summed E-state index contributed by atoms with van der Waals surface area (Å²) in [5.74, 6) is 0.573. The van der Waals surface area contributed by atoms with E-state index in [2.05, 4.69) is 15.9 Å². The maximum Gasteiger partial charge on any atom is 0.270 e. The number of thiocarbonyl (C=S) groups is 1. The Hall–Kier alpha value is -3.16.